The molecule has 0 aliphatic rings. The average molecular weight is 589 g/mol. The number of hydrazone groups is 1. The Kier molecular flexibility index (Phi) is 9.89. The van der Waals surface area contributed by atoms with Gasteiger partial charge in [0.2, 0.25) is 10.0 Å². The number of anilines is 1. The fraction of sp³-hybridized carbons (Fsp3) is 0.194. The molecule has 10 nitrogen and oxygen atoms in total. The molecule has 42 heavy (non-hydrogen) atoms. The Morgan fingerprint density at radius 1 is 0.881 bits per heavy atom. The third-order valence-electron chi connectivity index (χ3n) is 6.15. The molecular weight excluding hydrogens is 556 g/mol. The number of para-hydroxylation sites is 2. The van der Waals surface area contributed by atoms with E-state index in [0.29, 0.717) is 23.8 Å². The SMILES string of the molecule is CCOc1ccccc1NC(=O)C(=O)N/N=C/c1ccc(CN(Cc2ccc(C)cc2)S(=O)(=O)c2ccc(C)cc2)o1. The molecule has 2 amide bonds. The van der Waals surface area contributed by atoms with Crippen molar-refractivity contribution in [2.24, 2.45) is 5.10 Å². The molecule has 0 aliphatic carbocycles. The Balaban J connectivity index is 1.43. The number of carbonyl (C=O) groups excluding carboxylic acids is 2. The molecule has 11 heteroatoms. The quantitative estimate of drug-likeness (QED) is 0.147. The number of amides is 2. The van der Waals surface area contributed by atoms with Crippen molar-refractivity contribution in [3.63, 3.8) is 0 Å². The molecule has 1 heterocycles. The molecule has 0 unspecified atom stereocenters. The maximum absolute atomic E-state index is 13.6. The first-order valence-electron chi connectivity index (χ1n) is 13.2. The highest BCUT2D eigenvalue weighted by molar-refractivity contribution is 7.89. The van der Waals surface area contributed by atoms with E-state index in [1.54, 1.807) is 60.7 Å². The van der Waals surface area contributed by atoms with E-state index in [-0.39, 0.29) is 23.7 Å². The minimum absolute atomic E-state index is 0.0358. The summed E-state index contributed by atoms with van der Waals surface area (Å²) in [5, 5.41) is 6.28. The van der Waals surface area contributed by atoms with Crippen molar-refractivity contribution < 1.29 is 27.2 Å². The zero-order valence-corrected chi connectivity index (χ0v) is 24.4. The van der Waals surface area contributed by atoms with Gasteiger partial charge in [-0.15, -0.1) is 0 Å². The van der Waals surface area contributed by atoms with E-state index in [2.05, 4.69) is 15.8 Å². The number of carbonyl (C=O) groups is 2. The van der Waals surface area contributed by atoms with Gasteiger partial charge in [0, 0.05) is 6.54 Å². The number of nitrogens with zero attached hydrogens (tertiary/aromatic N) is 2. The number of aryl methyl sites for hydroxylation is 2. The lowest BCUT2D eigenvalue weighted by atomic mass is 10.1. The van der Waals surface area contributed by atoms with Crippen molar-refractivity contribution >= 4 is 33.7 Å². The van der Waals surface area contributed by atoms with Crippen LogP contribution in [0.2, 0.25) is 0 Å². The largest absolute Gasteiger partial charge is 0.492 e. The van der Waals surface area contributed by atoms with Crippen molar-refractivity contribution in [2.75, 3.05) is 11.9 Å². The zero-order valence-electron chi connectivity index (χ0n) is 23.5. The predicted octanol–water partition coefficient (Wildman–Crippen LogP) is 4.78. The van der Waals surface area contributed by atoms with Gasteiger partial charge >= 0.3 is 11.8 Å². The number of furan rings is 1. The average Bonchev–Trinajstić information content (AvgIpc) is 3.42. The van der Waals surface area contributed by atoms with Crippen LogP contribution in [0.25, 0.3) is 0 Å². The van der Waals surface area contributed by atoms with Crippen LogP contribution < -0.4 is 15.5 Å². The van der Waals surface area contributed by atoms with Crippen molar-refractivity contribution in [3.05, 3.63) is 113 Å². The van der Waals surface area contributed by atoms with Crippen LogP contribution in [-0.2, 0) is 32.7 Å². The van der Waals surface area contributed by atoms with Gasteiger partial charge in [-0.3, -0.25) is 9.59 Å². The molecular formula is C31H32N4O6S. The number of hydrogen-bond acceptors (Lipinski definition) is 7. The first-order chi connectivity index (χ1) is 20.2. The summed E-state index contributed by atoms with van der Waals surface area (Å²) < 4.78 is 39.7. The van der Waals surface area contributed by atoms with E-state index in [0.717, 1.165) is 16.7 Å². The highest BCUT2D eigenvalue weighted by Crippen LogP contribution is 2.24. The van der Waals surface area contributed by atoms with Crippen LogP contribution >= 0.6 is 0 Å². The Morgan fingerprint density at radius 3 is 2.24 bits per heavy atom. The van der Waals surface area contributed by atoms with Gasteiger partial charge in [-0.25, -0.2) is 13.8 Å². The molecule has 4 aromatic rings. The van der Waals surface area contributed by atoms with Crippen molar-refractivity contribution in [2.45, 2.75) is 38.8 Å². The third kappa shape index (κ3) is 7.93. The Bertz CT molecular complexity index is 1660. The fourth-order valence-electron chi connectivity index (χ4n) is 3.94. The highest BCUT2D eigenvalue weighted by atomic mass is 32.2. The first kappa shape index (κ1) is 30.2. The summed E-state index contributed by atoms with van der Waals surface area (Å²) in [6, 6.07) is 24.3. The van der Waals surface area contributed by atoms with Gasteiger partial charge in [-0.1, -0.05) is 59.7 Å². The summed E-state index contributed by atoms with van der Waals surface area (Å²) in [7, 11) is -3.86. The van der Waals surface area contributed by atoms with Gasteiger partial charge in [-0.05, 0) is 62.7 Å². The van der Waals surface area contributed by atoms with E-state index in [9.17, 15) is 18.0 Å². The molecule has 0 atom stereocenters. The molecule has 0 fully saturated rings. The second kappa shape index (κ2) is 13.7. The predicted molar refractivity (Wildman–Crippen MR) is 159 cm³/mol. The van der Waals surface area contributed by atoms with E-state index in [1.165, 1.54) is 10.5 Å². The van der Waals surface area contributed by atoms with E-state index >= 15 is 0 Å². The molecule has 2 N–H and O–H groups in total. The second-order valence-corrected chi connectivity index (χ2v) is 11.4. The third-order valence-corrected chi connectivity index (χ3v) is 7.96. The Morgan fingerprint density at radius 2 is 1.55 bits per heavy atom. The molecule has 0 bridgehead atoms. The minimum atomic E-state index is -3.86. The summed E-state index contributed by atoms with van der Waals surface area (Å²) in [5.41, 5.74) is 5.36. The van der Waals surface area contributed by atoms with E-state index in [1.807, 2.05) is 45.0 Å². The molecule has 0 saturated heterocycles. The van der Waals surface area contributed by atoms with Crippen LogP contribution in [0.3, 0.4) is 0 Å². The standard InChI is InChI=1S/C31H32N4O6S/c1-4-40-29-8-6-5-7-28(29)33-30(36)31(37)34-32-19-25-15-16-26(41-25)21-35(20-24-13-9-22(2)10-14-24)42(38,39)27-17-11-23(3)12-18-27/h5-19H,4,20-21H2,1-3H3,(H,33,36)(H,34,37)/b32-19+. The Labute approximate surface area is 245 Å². The first-order valence-corrected chi connectivity index (χ1v) is 14.7. The maximum atomic E-state index is 13.6. The van der Waals surface area contributed by atoms with Gasteiger partial charge < -0.3 is 14.5 Å². The van der Waals surface area contributed by atoms with E-state index < -0.39 is 21.8 Å². The summed E-state index contributed by atoms with van der Waals surface area (Å²) >= 11 is 0. The molecule has 0 aliphatic heterocycles. The van der Waals surface area contributed by atoms with Crippen molar-refractivity contribution in [1.29, 1.82) is 0 Å². The molecule has 0 saturated carbocycles. The number of sulfonamides is 1. The van der Waals surface area contributed by atoms with Crippen LogP contribution in [0.5, 0.6) is 5.75 Å². The molecule has 218 valence electrons. The van der Waals surface area contributed by atoms with Gasteiger partial charge in [-0.2, -0.15) is 9.41 Å². The van der Waals surface area contributed by atoms with Gasteiger partial charge in [0.25, 0.3) is 0 Å². The molecule has 0 radical (unpaired) electrons. The highest BCUT2D eigenvalue weighted by Gasteiger charge is 2.26. The number of benzene rings is 3. The summed E-state index contributed by atoms with van der Waals surface area (Å²) in [5.74, 6) is -0.842. The minimum Gasteiger partial charge on any atom is -0.492 e. The zero-order chi connectivity index (χ0) is 30.1. The Hall–Kier alpha value is -4.74. The molecule has 0 spiro atoms. The van der Waals surface area contributed by atoms with Crippen molar-refractivity contribution in [1.82, 2.24) is 9.73 Å². The van der Waals surface area contributed by atoms with Crippen LogP contribution in [0.15, 0.2) is 99.3 Å². The summed E-state index contributed by atoms with van der Waals surface area (Å²) in [4.78, 5) is 24.7. The van der Waals surface area contributed by atoms with Gasteiger partial charge in [0.15, 0.2) is 0 Å². The van der Waals surface area contributed by atoms with Gasteiger partial charge in [0.05, 0.1) is 29.9 Å². The fourth-order valence-corrected chi connectivity index (χ4v) is 5.34. The smallest absolute Gasteiger partial charge is 0.329 e. The lowest BCUT2D eigenvalue weighted by Crippen LogP contribution is -2.32. The topological polar surface area (TPSA) is 130 Å². The molecule has 3 aromatic carbocycles. The lowest BCUT2D eigenvalue weighted by molar-refractivity contribution is -0.136. The normalized spacial score (nSPS) is 11.5. The number of hydrogen-bond donors (Lipinski definition) is 2. The molecule has 1 aromatic heterocycles. The number of rotatable bonds is 11. The van der Waals surface area contributed by atoms with E-state index in [4.69, 9.17) is 9.15 Å². The lowest BCUT2D eigenvalue weighted by Gasteiger charge is -2.21. The van der Waals surface area contributed by atoms with Crippen molar-refractivity contribution in [3.8, 4) is 5.75 Å². The second-order valence-electron chi connectivity index (χ2n) is 9.46. The van der Waals surface area contributed by atoms with Crippen LogP contribution in [-0.4, -0.2) is 37.4 Å². The van der Waals surface area contributed by atoms with Crippen LogP contribution in [0.4, 0.5) is 5.69 Å². The summed E-state index contributed by atoms with van der Waals surface area (Å²) in [6.07, 6.45) is 1.22. The van der Waals surface area contributed by atoms with Gasteiger partial charge in [0.1, 0.15) is 17.3 Å². The summed E-state index contributed by atoms with van der Waals surface area (Å²) in [6.45, 7) is 6.17. The van der Waals surface area contributed by atoms with Crippen LogP contribution in [0.1, 0.15) is 35.1 Å². The van der Waals surface area contributed by atoms with Crippen LogP contribution in [0, 0.1) is 13.8 Å². The number of ether oxygens (including phenoxy) is 1. The molecule has 4 rings (SSSR count). The number of nitrogens with one attached hydrogen (secondary N) is 2. The maximum Gasteiger partial charge on any atom is 0.329 e. The monoisotopic (exact) mass is 588 g/mol.